The van der Waals surface area contributed by atoms with E-state index in [4.69, 9.17) is 14.2 Å². The summed E-state index contributed by atoms with van der Waals surface area (Å²) < 4.78 is 17.5. The van der Waals surface area contributed by atoms with E-state index in [-0.39, 0.29) is 19.4 Å². The Labute approximate surface area is 195 Å². The molecule has 0 spiro atoms. The van der Waals surface area contributed by atoms with Gasteiger partial charge in [-0.3, -0.25) is 4.79 Å². The Morgan fingerprint density at radius 3 is 2.27 bits per heavy atom. The third-order valence-electron chi connectivity index (χ3n) is 9.76. The van der Waals surface area contributed by atoms with Crippen LogP contribution in [-0.2, 0) is 19.0 Å². The molecule has 9 atom stereocenters. The average Bonchev–Trinajstić information content (AvgIpc) is 2.71. The number of carbonyl (C=O) groups excluding carboxylic acids is 1. The number of rotatable bonds is 3. The number of Topliss-reactive ketones (excluding diaryl/α,β-unsaturated/α-hetero) is 1. The van der Waals surface area contributed by atoms with Crippen molar-refractivity contribution in [2.45, 2.75) is 103 Å². The van der Waals surface area contributed by atoms with E-state index in [9.17, 15) is 25.2 Å². The molecule has 2 saturated carbocycles. The van der Waals surface area contributed by atoms with Gasteiger partial charge in [0.25, 0.3) is 0 Å². The maximum absolute atomic E-state index is 14.2. The van der Waals surface area contributed by atoms with Gasteiger partial charge in [-0.05, 0) is 44.8 Å². The van der Waals surface area contributed by atoms with Gasteiger partial charge in [0.2, 0.25) is 0 Å². The first kappa shape index (κ1) is 25.2. The SMILES string of the molecule is COC(C)(C)OC1CC2OCC2(O)C2C(C)C3(O)CC(O)C(C)=C(C(O)C(=O)[C@]12C)C3(C)C. The van der Waals surface area contributed by atoms with Gasteiger partial charge in [-0.25, -0.2) is 0 Å². The molecule has 188 valence electrons. The molecule has 0 aromatic heterocycles. The molecule has 8 heteroatoms. The molecule has 8 unspecified atom stereocenters. The lowest BCUT2D eigenvalue weighted by Crippen LogP contribution is -2.79. The Kier molecular flexibility index (Phi) is 5.60. The van der Waals surface area contributed by atoms with E-state index in [0.29, 0.717) is 11.1 Å². The molecule has 0 aromatic carbocycles. The second-order valence-corrected chi connectivity index (χ2v) is 11.9. The number of ketones is 1. The van der Waals surface area contributed by atoms with E-state index in [1.54, 1.807) is 41.5 Å². The number of aliphatic hydroxyl groups is 4. The van der Waals surface area contributed by atoms with Gasteiger partial charge in [-0.1, -0.05) is 20.8 Å². The smallest absolute Gasteiger partial charge is 0.174 e. The highest BCUT2D eigenvalue weighted by Crippen LogP contribution is 2.64. The summed E-state index contributed by atoms with van der Waals surface area (Å²) in [5.74, 6) is -2.91. The maximum Gasteiger partial charge on any atom is 0.174 e. The topological polar surface area (TPSA) is 126 Å². The minimum atomic E-state index is -1.56. The van der Waals surface area contributed by atoms with Crippen molar-refractivity contribution in [2.75, 3.05) is 13.7 Å². The largest absolute Gasteiger partial charge is 0.389 e. The lowest BCUT2D eigenvalue weighted by molar-refractivity contribution is -0.356. The quantitative estimate of drug-likeness (QED) is 0.361. The molecule has 8 nitrogen and oxygen atoms in total. The molecule has 1 heterocycles. The molecule has 4 aliphatic rings. The summed E-state index contributed by atoms with van der Waals surface area (Å²) in [6, 6.07) is 0. The zero-order chi connectivity index (χ0) is 24.9. The first-order valence-electron chi connectivity index (χ1n) is 11.9. The number of aliphatic hydroxyl groups excluding tert-OH is 2. The monoisotopic (exact) mass is 468 g/mol. The Morgan fingerprint density at radius 1 is 1.15 bits per heavy atom. The molecule has 33 heavy (non-hydrogen) atoms. The molecular weight excluding hydrogens is 428 g/mol. The Balaban J connectivity index is 1.98. The average molecular weight is 469 g/mol. The zero-order valence-corrected chi connectivity index (χ0v) is 21.0. The van der Waals surface area contributed by atoms with E-state index in [0.717, 1.165) is 0 Å². The number of hydrogen-bond acceptors (Lipinski definition) is 8. The van der Waals surface area contributed by atoms with E-state index >= 15 is 0 Å². The van der Waals surface area contributed by atoms with Crippen LogP contribution in [0.3, 0.4) is 0 Å². The number of ether oxygens (including phenoxy) is 3. The van der Waals surface area contributed by atoms with Crippen molar-refractivity contribution in [3.8, 4) is 0 Å². The first-order valence-corrected chi connectivity index (χ1v) is 11.9. The summed E-state index contributed by atoms with van der Waals surface area (Å²) in [4.78, 5) is 14.2. The van der Waals surface area contributed by atoms with Gasteiger partial charge in [0, 0.05) is 31.3 Å². The van der Waals surface area contributed by atoms with Crippen molar-refractivity contribution in [3.05, 3.63) is 11.1 Å². The van der Waals surface area contributed by atoms with Gasteiger partial charge in [0.15, 0.2) is 11.6 Å². The van der Waals surface area contributed by atoms with Crippen LogP contribution in [0.25, 0.3) is 0 Å². The van der Waals surface area contributed by atoms with Crippen LogP contribution in [0.4, 0.5) is 0 Å². The summed E-state index contributed by atoms with van der Waals surface area (Å²) in [7, 11) is 1.52. The summed E-state index contributed by atoms with van der Waals surface area (Å²) in [5, 5.41) is 46.4. The highest BCUT2D eigenvalue weighted by Gasteiger charge is 2.74. The molecule has 4 rings (SSSR count). The predicted molar refractivity (Wildman–Crippen MR) is 119 cm³/mol. The fourth-order valence-corrected chi connectivity index (χ4v) is 7.54. The van der Waals surface area contributed by atoms with Crippen LogP contribution in [0.1, 0.15) is 61.3 Å². The maximum atomic E-state index is 14.2. The minimum absolute atomic E-state index is 0.0345. The second kappa shape index (κ2) is 7.32. The van der Waals surface area contributed by atoms with Crippen molar-refractivity contribution in [2.24, 2.45) is 22.7 Å². The summed E-state index contributed by atoms with van der Waals surface area (Å²) >= 11 is 0. The highest BCUT2D eigenvalue weighted by atomic mass is 16.7. The van der Waals surface area contributed by atoms with Crippen molar-refractivity contribution >= 4 is 5.78 Å². The molecule has 4 N–H and O–H groups in total. The molecule has 1 saturated heterocycles. The van der Waals surface area contributed by atoms with E-state index in [2.05, 4.69) is 0 Å². The van der Waals surface area contributed by atoms with Crippen LogP contribution in [0.15, 0.2) is 11.1 Å². The van der Waals surface area contributed by atoms with Gasteiger partial charge in [-0.15, -0.1) is 0 Å². The fourth-order valence-electron chi connectivity index (χ4n) is 7.54. The van der Waals surface area contributed by atoms with E-state index in [1.807, 2.05) is 6.92 Å². The van der Waals surface area contributed by atoms with Gasteiger partial charge in [0.05, 0.1) is 35.9 Å². The van der Waals surface area contributed by atoms with Crippen molar-refractivity contribution in [3.63, 3.8) is 0 Å². The van der Waals surface area contributed by atoms with Gasteiger partial charge in [0.1, 0.15) is 11.7 Å². The van der Waals surface area contributed by atoms with Crippen molar-refractivity contribution in [1.29, 1.82) is 0 Å². The van der Waals surface area contributed by atoms with Crippen LogP contribution in [0, 0.1) is 22.7 Å². The number of fused-ring (bicyclic) bond motifs is 5. The van der Waals surface area contributed by atoms with Crippen LogP contribution in [-0.4, -0.2) is 81.3 Å². The molecule has 0 aromatic rings. The Morgan fingerprint density at radius 2 is 1.76 bits per heavy atom. The number of carbonyl (C=O) groups is 1. The number of methoxy groups -OCH3 is 1. The van der Waals surface area contributed by atoms with Gasteiger partial charge < -0.3 is 34.6 Å². The first-order chi connectivity index (χ1) is 15.0. The standard InChI is InChI=1S/C25H40O8/c1-12-14(26)10-25(30)13(2)19-23(7,20(28)18(27)17(12)21(25,3)4)15(33-22(5,6)31-8)9-16-24(19,29)11-32-16/h13-16,18-19,26-27,29-30H,9-11H2,1-8H3/t13?,14?,15?,16?,18?,19?,23-,24?,25?/m1/s1. The normalized spacial score (nSPS) is 49.5. The predicted octanol–water partition coefficient (Wildman–Crippen LogP) is 1.33. The van der Waals surface area contributed by atoms with Crippen molar-refractivity contribution < 1.29 is 39.4 Å². The summed E-state index contributed by atoms with van der Waals surface area (Å²) in [6.45, 7) is 12.4. The van der Waals surface area contributed by atoms with E-state index in [1.165, 1.54) is 7.11 Å². The lowest BCUT2D eigenvalue weighted by Gasteiger charge is -2.68. The summed E-state index contributed by atoms with van der Waals surface area (Å²) in [5.41, 5.74) is -4.36. The van der Waals surface area contributed by atoms with Crippen LogP contribution in [0.5, 0.6) is 0 Å². The Bertz CT molecular complexity index is 880. The molecule has 0 radical (unpaired) electrons. The molecule has 1 aliphatic heterocycles. The molecule has 0 amide bonds. The van der Waals surface area contributed by atoms with Gasteiger partial charge >= 0.3 is 0 Å². The zero-order valence-electron chi connectivity index (χ0n) is 21.0. The fraction of sp³-hybridized carbons (Fsp3) is 0.880. The molecule has 2 bridgehead atoms. The Hall–Kier alpha value is -0.870. The second-order valence-electron chi connectivity index (χ2n) is 11.9. The van der Waals surface area contributed by atoms with Crippen molar-refractivity contribution in [1.82, 2.24) is 0 Å². The summed E-state index contributed by atoms with van der Waals surface area (Å²) in [6.07, 6.45) is -3.57. The minimum Gasteiger partial charge on any atom is -0.389 e. The van der Waals surface area contributed by atoms with Crippen LogP contribution < -0.4 is 0 Å². The highest BCUT2D eigenvalue weighted by molar-refractivity contribution is 5.93. The lowest BCUT2D eigenvalue weighted by atomic mass is 9.42. The third-order valence-corrected chi connectivity index (χ3v) is 9.76. The molecular formula is C25H40O8. The molecule has 3 fully saturated rings. The van der Waals surface area contributed by atoms with Crippen LogP contribution in [0.2, 0.25) is 0 Å². The number of hydrogen-bond donors (Lipinski definition) is 4. The molecule has 3 aliphatic carbocycles. The van der Waals surface area contributed by atoms with E-state index < -0.39 is 69.9 Å². The van der Waals surface area contributed by atoms with Crippen LogP contribution >= 0.6 is 0 Å². The van der Waals surface area contributed by atoms with Gasteiger partial charge in [-0.2, -0.15) is 0 Å². The third kappa shape index (κ3) is 3.05.